The summed E-state index contributed by atoms with van der Waals surface area (Å²) in [5.74, 6) is 0. The fourth-order valence-corrected chi connectivity index (χ4v) is 3.70. The third-order valence-electron chi connectivity index (χ3n) is 3.45. The molecule has 1 saturated heterocycles. The maximum atomic E-state index is 12.5. The Labute approximate surface area is 114 Å². The van der Waals surface area contributed by atoms with Gasteiger partial charge in [-0.3, -0.25) is 0 Å². The zero-order valence-corrected chi connectivity index (χ0v) is 11.9. The van der Waals surface area contributed by atoms with E-state index in [9.17, 15) is 8.42 Å². The van der Waals surface area contributed by atoms with Crippen LogP contribution in [0.5, 0.6) is 0 Å². The summed E-state index contributed by atoms with van der Waals surface area (Å²) in [5.41, 5.74) is 6.33. The van der Waals surface area contributed by atoms with E-state index in [1.54, 1.807) is 16.4 Å². The highest BCUT2D eigenvalue weighted by Crippen LogP contribution is 2.18. The Bertz CT molecular complexity index is 491. The Morgan fingerprint density at radius 3 is 2.26 bits per heavy atom. The molecule has 0 saturated carbocycles. The molecule has 106 valence electrons. The molecule has 2 N–H and O–H groups in total. The fraction of sp³-hybridized carbons (Fsp3) is 0.615. The van der Waals surface area contributed by atoms with Crippen LogP contribution in [-0.2, 0) is 16.6 Å². The first-order chi connectivity index (χ1) is 9.14. The summed E-state index contributed by atoms with van der Waals surface area (Å²) in [5, 5.41) is 0.130. The summed E-state index contributed by atoms with van der Waals surface area (Å²) >= 11 is 0. The Morgan fingerprint density at radius 1 is 1.11 bits per heavy atom. The van der Waals surface area contributed by atoms with E-state index in [0.717, 1.165) is 31.2 Å². The Balaban J connectivity index is 2.18. The van der Waals surface area contributed by atoms with Gasteiger partial charge in [0.1, 0.15) is 0 Å². The minimum atomic E-state index is -3.45. The van der Waals surface area contributed by atoms with Crippen molar-refractivity contribution in [3.05, 3.63) is 23.9 Å². The molecule has 0 unspecified atom stereocenters. The van der Waals surface area contributed by atoms with Crippen LogP contribution < -0.4 is 5.73 Å². The van der Waals surface area contributed by atoms with Crippen LogP contribution >= 0.6 is 0 Å². The monoisotopic (exact) mass is 283 g/mol. The van der Waals surface area contributed by atoms with Gasteiger partial charge in [0, 0.05) is 25.8 Å². The van der Waals surface area contributed by atoms with Crippen LogP contribution in [0.25, 0.3) is 0 Å². The van der Waals surface area contributed by atoms with E-state index in [0.29, 0.717) is 19.6 Å². The molecule has 1 aromatic heterocycles. The van der Waals surface area contributed by atoms with Crippen LogP contribution in [0.2, 0.25) is 0 Å². The van der Waals surface area contributed by atoms with Crippen molar-refractivity contribution in [3.63, 3.8) is 0 Å². The molecule has 0 spiro atoms. The van der Waals surface area contributed by atoms with Crippen molar-refractivity contribution in [2.24, 2.45) is 5.73 Å². The van der Waals surface area contributed by atoms with Crippen LogP contribution in [0.1, 0.15) is 37.7 Å². The molecule has 0 amide bonds. The molecule has 2 rings (SSSR count). The second kappa shape index (κ2) is 6.45. The lowest BCUT2D eigenvalue weighted by Gasteiger charge is -2.23. The van der Waals surface area contributed by atoms with Gasteiger partial charge < -0.3 is 5.73 Å². The molecule has 1 aliphatic rings. The molecule has 0 aromatic carbocycles. The molecule has 5 nitrogen and oxygen atoms in total. The number of sulfonamides is 1. The number of rotatable bonds is 3. The van der Waals surface area contributed by atoms with Gasteiger partial charge in [0.2, 0.25) is 0 Å². The molecule has 1 fully saturated rings. The molecule has 6 heteroatoms. The standard InChI is InChI=1S/C13H21N3O2S/c14-10-12-6-7-13(15-11-12)19(17,18)16-8-4-2-1-3-5-9-16/h6-7,11H,1-5,8-10,14H2. The molecule has 0 bridgehead atoms. The highest BCUT2D eigenvalue weighted by molar-refractivity contribution is 7.89. The molecule has 0 atom stereocenters. The zero-order chi connectivity index (χ0) is 13.7. The largest absolute Gasteiger partial charge is 0.326 e. The summed E-state index contributed by atoms with van der Waals surface area (Å²) in [6.07, 6.45) is 6.81. The second-order valence-corrected chi connectivity index (χ2v) is 6.77. The van der Waals surface area contributed by atoms with Crippen LogP contribution in [0.15, 0.2) is 23.4 Å². The van der Waals surface area contributed by atoms with Crippen molar-refractivity contribution >= 4 is 10.0 Å². The van der Waals surface area contributed by atoms with Gasteiger partial charge >= 0.3 is 0 Å². The lowest BCUT2D eigenvalue weighted by atomic mass is 10.1. The maximum absolute atomic E-state index is 12.5. The third kappa shape index (κ3) is 3.52. The van der Waals surface area contributed by atoms with Gasteiger partial charge in [-0.2, -0.15) is 4.31 Å². The molecule has 2 heterocycles. The van der Waals surface area contributed by atoms with Crippen molar-refractivity contribution in [2.45, 2.75) is 43.7 Å². The third-order valence-corrected chi connectivity index (χ3v) is 5.27. The summed E-state index contributed by atoms with van der Waals surface area (Å²) in [7, 11) is -3.45. The number of hydrogen-bond donors (Lipinski definition) is 1. The molecule has 19 heavy (non-hydrogen) atoms. The van der Waals surface area contributed by atoms with Crippen molar-refractivity contribution in [1.82, 2.24) is 9.29 Å². The minimum absolute atomic E-state index is 0.130. The zero-order valence-electron chi connectivity index (χ0n) is 11.1. The van der Waals surface area contributed by atoms with Gasteiger partial charge in [-0.1, -0.05) is 25.3 Å². The molecule has 0 radical (unpaired) electrons. The number of nitrogens with two attached hydrogens (primary N) is 1. The lowest BCUT2D eigenvalue weighted by Crippen LogP contribution is -2.34. The normalized spacial score (nSPS) is 18.8. The SMILES string of the molecule is NCc1ccc(S(=O)(=O)N2CCCCCCC2)nc1. The predicted octanol–water partition coefficient (Wildman–Crippen LogP) is 1.50. The summed E-state index contributed by atoms with van der Waals surface area (Å²) in [4.78, 5) is 4.04. The van der Waals surface area contributed by atoms with Crippen LogP contribution in [0.3, 0.4) is 0 Å². The van der Waals surface area contributed by atoms with Gasteiger partial charge in [-0.15, -0.1) is 0 Å². The summed E-state index contributed by atoms with van der Waals surface area (Å²) in [6, 6.07) is 3.28. The van der Waals surface area contributed by atoms with Crippen LogP contribution in [-0.4, -0.2) is 30.8 Å². The fourth-order valence-electron chi connectivity index (χ4n) is 2.28. The number of aromatic nitrogens is 1. The number of nitrogens with zero attached hydrogens (tertiary/aromatic N) is 2. The van der Waals surface area contributed by atoms with Gasteiger partial charge in [0.15, 0.2) is 5.03 Å². The molecular formula is C13H21N3O2S. The first-order valence-corrected chi connectivity index (χ1v) is 8.24. The van der Waals surface area contributed by atoms with Gasteiger partial charge in [0.25, 0.3) is 10.0 Å². The van der Waals surface area contributed by atoms with Gasteiger partial charge in [-0.05, 0) is 24.5 Å². The Kier molecular flexibility index (Phi) is 4.90. The highest BCUT2D eigenvalue weighted by atomic mass is 32.2. The smallest absolute Gasteiger partial charge is 0.260 e. The van der Waals surface area contributed by atoms with Crippen molar-refractivity contribution in [1.29, 1.82) is 0 Å². The number of pyridine rings is 1. The quantitative estimate of drug-likeness (QED) is 0.912. The number of hydrogen-bond acceptors (Lipinski definition) is 4. The van der Waals surface area contributed by atoms with E-state index >= 15 is 0 Å². The second-order valence-electron chi connectivity index (χ2n) is 4.88. The lowest BCUT2D eigenvalue weighted by molar-refractivity contribution is 0.363. The van der Waals surface area contributed by atoms with Gasteiger partial charge in [0.05, 0.1) is 0 Å². The average molecular weight is 283 g/mol. The van der Waals surface area contributed by atoms with E-state index in [4.69, 9.17) is 5.73 Å². The average Bonchev–Trinajstić information content (AvgIpc) is 2.38. The van der Waals surface area contributed by atoms with Crippen molar-refractivity contribution in [3.8, 4) is 0 Å². The maximum Gasteiger partial charge on any atom is 0.260 e. The first-order valence-electron chi connectivity index (χ1n) is 6.80. The first kappa shape index (κ1) is 14.4. The van der Waals surface area contributed by atoms with E-state index in [-0.39, 0.29) is 5.03 Å². The Hall–Kier alpha value is -0.980. The van der Waals surface area contributed by atoms with E-state index in [1.807, 2.05) is 0 Å². The van der Waals surface area contributed by atoms with Crippen molar-refractivity contribution in [2.75, 3.05) is 13.1 Å². The minimum Gasteiger partial charge on any atom is -0.326 e. The van der Waals surface area contributed by atoms with Crippen molar-refractivity contribution < 1.29 is 8.42 Å². The molecular weight excluding hydrogens is 262 g/mol. The van der Waals surface area contributed by atoms with E-state index < -0.39 is 10.0 Å². The molecule has 1 aromatic rings. The highest BCUT2D eigenvalue weighted by Gasteiger charge is 2.25. The molecule has 1 aliphatic heterocycles. The topological polar surface area (TPSA) is 76.3 Å². The summed E-state index contributed by atoms with van der Waals surface area (Å²) in [6.45, 7) is 1.57. The molecule has 0 aliphatic carbocycles. The van der Waals surface area contributed by atoms with E-state index in [1.165, 1.54) is 12.6 Å². The van der Waals surface area contributed by atoms with Crippen LogP contribution in [0, 0.1) is 0 Å². The Morgan fingerprint density at radius 2 is 1.74 bits per heavy atom. The predicted molar refractivity (Wildman–Crippen MR) is 74.0 cm³/mol. The van der Waals surface area contributed by atoms with E-state index in [2.05, 4.69) is 4.98 Å². The summed E-state index contributed by atoms with van der Waals surface area (Å²) < 4.78 is 26.5. The van der Waals surface area contributed by atoms with Crippen LogP contribution in [0.4, 0.5) is 0 Å². The van der Waals surface area contributed by atoms with Gasteiger partial charge in [-0.25, -0.2) is 13.4 Å².